The zero-order chi connectivity index (χ0) is 21.1. The fourth-order valence-electron chi connectivity index (χ4n) is 3.90. The van der Waals surface area contributed by atoms with E-state index in [1.807, 2.05) is 29.0 Å². The zero-order valence-electron chi connectivity index (χ0n) is 17.5. The fraction of sp³-hybridized carbons (Fsp3) is 0.429. The maximum Gasteiger partial charge on any atom is 0.203 e. The van der Waals surface area contributed by atoms with E-state index in [1.54, 1.807) is 27.7 Å². The van der Waals surface area contributed by atoms with Crippen molar-refractivity contribution in [3.8, 4) is 22.9 Å². The predicted octanol–water partition coefficient (Wildman–Crippen LogP) is 2.06. The van der Waals surface area contributed by atoms with E-state index in [0.717, 1.165) is 36.6 Å². The number of amidine groups is 1. The number of aliphatic hydroxyl groups is 1. The van der Waals surface area contributed by atoms with Gasteiger partial charge in [0.1, 0.15) is 18.0 Å². The molecule has 4 rings (SSSR count). The van der Waals surface area contributed by atoms with E-state index in [4.69, 9.17) is 14.2 Å². The standard InChI is InChI=1S/C21H27N5O4/c1-28-17-8-16(9-18(29-2)21(17)30-3)25-11-19(23-13-25)24-14-7-20(22-10-14)26-6-4-5-15(26)12-27/h7-9,11,13,15,24,27H,4-6,10,12H2,1-3H3/t15-/m0/s1. The number of imidazole rings is 1. The van der Waals surface area contributed by atoms with Gasteiger partial charge in [0.25, 0.3) is 0 Å². The molecule has 1 fully saturated rings. The summed E-state index contributed by atoms with van der Waals surface area (Å²) in [5, 5.41) is 12.9. The number of likely N-dealkylation sites (tertiary alicyclic amines) is 1. The van der Waals surface area contributed by atoms with Gasteiger partial charge in [0.05, 0.1) is 52.4 Å². The van der Waals surface area contributed by atoms with Gasteiger partial charge in [-0.15, -0.1) is 0 Å². The van der Waals surface area contributed by atoms with Gasteiger partial charge in [-0.2, -0.15) is 0 Å². The van der Waals surface area contributed by atoms with Crippen molar-refractivity contribution in [2.75, 3.05) is 46.3 Å². The normalized spacial score (nSPS) is 18.3. The van der Waals surface area contributed by atoms with Gasteiger partial charge in [0.2, 0.25) is 5.75 Å². The summed E-state index contributed by atoms with van der Waals surface area (Å²) in [5.41, 5.74) is 1.81. The summed E-state index contributed by atoms with van der Waals surface area (Å²) in [6.45, 7) is 1.67. The molecule has 1 aromatic heterocycles. The van der Waals surface area contributed by atoms with Gasteiger partial charge >= 0.3 is 0 Å². The topological polar surface area (TPSA) is 93.4 Å². The Kier molecular flexibility index (Phi) is 5.80. The highest BCUT2D eigenvalue weighted by Gasteiger charge is 2.27. The molecule has 1 saturated heterocycles. The van der Waals surface area contributed by atoms with Crippen LogP contribution in [0.25, 0.3) is 5.69 Å². The molecule has 2 aliphatic heterocycles. The van der Waals surface area contributed by atoms with E-state index in [9.17, 15) is 5.11 Å². The lowest BCUT2D eigenvalue weighted by Gasteiger charge is -2.23. The number of rotatable bonds is 7. The van der Waals surface area contributed by atoms with Gasteiger partial charge in [0.15, 0.2) is 11.5 Å². The Balaban J connectivity index is 1.50. The van der Waals surface area contributed by atoms with Gasteiger partial charge in [0, 0.05) is 30.5 Å². The SMILES string of the molecule is COc1cc(-n2cnc(NC3=CC(N4CCC[C@H]4CO)=NC3)c2)cc(OC)c1OC. The second-order valence-corrected chi connectivity index (χ2v) is 7.19. The van der Waals surface area contributed by atoms with E-state index in [1.165, 1.54) is 0 Å². The minimum absolute atomic E-state index is 0.162. The quantitative estimate of drug-likeness (QED) is 0.718. The van der Waals surface area contributed by atoms with Gasteiger partial charge in [-0.1, -0.05) is 0 Å². The third-order valence-electron chi connectivity index (χ3n) is 5.42. The third kappa shape index (κ3) is 3.80. The van der Waals surface area contributed by atoms with Crippen LogP contribution >= 0.6 is 0 Å². The Bertz CT molecular complexity index is 943. The Labute approximate surface area is 175 Å². The van der Waals surface area contributed by atoms with Crippen LogP contribution in [0.2, 0.25) is 0 Å². The number of nitrogens with zero attached hydrogens (tertiary/aromatic N) is 4. The summed E-state index contributed by atoms with van der Waals surface area (Å²) in [6, 6.07) is 3.90. The average molecular weight is 413 g/mol. The number of anilines is 1. The number of aliphatic imine (C=N–C) groups is 1. The molecule has 1 atom stereocenters. The maximum atomic E-state index is 9.55. The lowest BCUT2D eigenvalue weighted by molar-refractivity contribution is 0.209. The van der Waals surface area contributed by atoms with Crippen molar-refractivity contribution in [1.82, 2.24) is 14.5 Å². The molecule has 0 bridgehead atoms. The molecule has 2 N–H and O–H groups in total. The minimum atomic E-state index is 0.162. The molecule has 0 unspecified atom stereocenters. The first-order valence-corrected chi connectivity index (χ1v) is 9.90. The van der Waals surface area contributed by atoms with Crippen LogP contribution in [0.15, 0.2) is 41.4 Å². The highest BCUT2D eigenvalue weighted by atomic mass is 16.5. The molecule has 160 valence electrons. The van der Waals surface area contributed by atoms with Crippen molar-refractivity contribution in [2.45, 2.75) is 18.9 Å². The van der Waals surface area contributed by atoms with Crippen LogP contribution in [-0.2, 0) is 0 Å². The molecule has 3 heterocycles. The van der Waals surface area contributed by atoms with E-state index >= 15 is 0 Å². The summed E-state index contributed by atoms with van der Waals surface area (Å²) >= 11 is 0. The molecule has 0 radical (unpaired) electrons. The first-order valence-electron chi connectivity index (χ1n) is 9.90. The van der Waals surface area contributed by atoms with Crippen LogP contribution in [-0.4, -0.2) is 72.5 Å². The number of aliphatic hydroxyl groups excluding tert-OH is 1. The van der Waals surface area contributed by atoms with Gasteiger partial charge in [-0.05, 0) is 12.8 Å². The van der Waals surface area contributed by atoms with Gasteiger partial charge in [-0.3, -0.25) is 4.99 Å². The Morgan fingerprint density at radius 3 is 2.60 bits per heavy atom. The van der Waals surface area contributed by atoms with E-state index < -0.39 is 0 Å². The molecular weight excluding hydrogens is 386 g/mol. The second-order valence-electron chi connectivity index (χ2n) is 7.19. The Hall–Kier alpha value is -3.20. The number of hydrogen-bond acceptors (Lipinski definition) is 8. The molecule has 9 nitrogen and oxygen atoms in total. The van der Waals surface area contributed by atoms with Crippen molar-refractivity contribution < 1.29 is 19.3 Å². The largest absolute Gasteiger partial charge is 0.493 e. The molecule has 30 heavy (non-hydrogen) atoms. The number of ether oxygens (including phenoxy) is 3. The van der Waals surface area contributed by atoms with Crippen LogP contribution in [0.4, 0.5) is 5.82 Å². The highest BCUT2D eigenvalue weighted by molar-refractivity contribution is 5.96. The Morgan fingerprint density at radius 1 is 1.17 bits per heavy atom. The van der Waals surface area contributed by atoms with Crippen LogP contribution in [0, 0.1) is 0 Å². The monoisotopic (exact) mass is 413 g/mol. The highest BCUT2D eigenvalue weighted by Crippen LogP contribution is 2.39. The number of nitrogens with one attached hydrogen (secondary N) is 1. The van der Waals surface area contributed by atoms with Crippen molar-refractivity contribution in [2.24, 2.45) is 4.99 Å². The molecule has 2 aliphatic rings. The molecule has 0 saturated carbocycles. The summed E-state index contributed by atoms with van der Waals surface area (Å²) in [5.74, 6) is 3.35. The molecule has 1 aromatic carbocycles. The number of aromatic nitrogens is 2. The molecule has 9 heteroatoms. The lowest BCUT2D eigenvalue weighted by atomic mass is 10.2. The molecule has 0 spiro atoms. The first kappa shape index (κ1) is 20.1. The lowest BCUT2D eigenvalue weighted by Crippen LogP contribution is -2.36. The zero-order valence-corrected chi connectivity index (χ0v) is 17.5. The number of benzene rings is 1. The van der Waals surface area contributed by atoms with Gasteiger partial charge in [-0.25, -0.2) is 4.98 Å². The first-order chi connectivity index (χ1) is 14.7. The molecule has 2 aromatic rings. The summed E-state index contributed by atoms with van der Waals surface area (Å²) < 4.78 is 18.1. The van der Waals surface area contributed by atoms with Crippen LogP contribution in [0.1, 0.15) is 12.8 Å². The predicted molar refractivity (Wildman–Crippen MR) is 114 cm³/mol. The average Bonchev–Trinajstić information content (AvgIpc) is 3.53. The van der Waals surface area contributed by atoms with E-state index in [0.29, 0.717) is 29.6 Å². The van der Waals surface area contributed by atoms with E-state index in [2.05, 4.69) is 20.2 Å². The molecule has 0 amide bonds. The van der Waals surface area contributed by atoms with Crippen molar-refractivity contribution in [3.05, 3.63) is 36.4 Å². The van der Waals surface area contributed by atoms with Crippen LogP contribution in [0.3, 0.4) is 0 Å². The third-order valence-corrected chi connectivity index (χ3v) is 5.42. The maximum absolute atomic E-state index is 9.55. The minimum Gasteiger partial charge on any atom is -0.493 e. The van der Waals surface area contributed by atoms with Crippen molar-refractivity contribution in [3.63, 3.8) is 0 Å². The van der Waals surface area contributed by atoms with Crippen molar-refractivity contribution in [1.29, 1.82) is 0 Å². The Morgan fingerprint density at radius 2 is 1.93 bits per heavy atom. The fourth-order valence-corrected chi connectivity index (χ4v) is 3.90. The summed E-state index contributed by atoms with van der Waals surface area (Å²) in [7, 11) is 4.76. The molecule has 0 aliphatic carbocycles. The van der Waals surface area contributed by atoms with Crippen LogP contribution in [0.5, 0.6) is 17.2 Å². The van der Waals surface area contributed by atoms with Crippen molar-refractivity contribution >= 4 is 11.7 Å². The summed E-state index contributed by atoms with van der Waals surface area (Å²) in [6.07, 6.45) is 7.74. The number of methoxy groups -OCH3 is 3. The molecular formula is C21H27N5O4. The number of hydrogen-bond donors (Lipinski definition) is 2. The smallest absolute Gasteiger partial charge is 0.203 e. The van der Waals surface area contributed by atoms with Crippen LogP contribution < -0.4 is 19.5 Å². The second kappa shape index (κ2) is 8.66. The van der Waals surface area contributed by atoms with Gasteiger partial charge < -0.3 is 34.1 Å². The van der Waals surface area contributed by atoms with E-state index in [-0.39, 0.29) is 12.6 Å². The summed E-state index contributed by atoms with van der Waals surface area (Å²) in [4.78, 5) is 11.3.